The van der Waals surface area contributed by atoms with Gasteiger partial charge in [0.25, 0.3) is 5.79 Å². The van der Waals surface area contributed by atoms with Gasteiger partial charge in [0.1, 0.15) is 91.2 Å². The largest absolute Gasteiger partial charge is 0.477 e. The Balaban J connectivity index is 1.69. The van der Waals surface area contributed by atoms with Crippen LogP contribution in [-0.4, -0.2) is 257 Å². The summed E-state index contributed by atoms with van der Waals surface area (Å²) >= 11 is 4.09. The number of ketones is 1. The molecule has 26 nitrogen and oxygen atoms in total. The molecule has 65 heavy (non-hydrogen) atoms. The van der Waals surface area contributed by atoms with Gasteiger partial charge in [0.2, 0.25) is 5.91 Å². The quantitative estimate of drug-likeness (QED) is 0.0257. The predicted octanol–water partition coefficient (Wildman–Crippen LogP) is -7.19. The minimum Gasteiger partial charge on any atom is -0.477 e. The molecule has 0 aliphatic carbocycles. The standard InChI is InChI=1S/C38H66N2O24S/c1-15-18(47)10-38(37(55)56,63-30(15)24(49)19(48)11-41)64-33-29(54)36(60-22(14-44)32(33)62-35-23(39-16(2)45)26(51)25(50)20(12-42)59-35)61-31-21(13-43)58-34(28(53)27(31)52)40(3)57-8-4-6-17(46)7-5-9-65/h15,18-36,41-44,47-54,65H,4-14H2,1-3H3,(H,39,45)(H,55,56)/t15-,18?,19-,20?,21?,22?,23?,24+,25+,26-,27-,28?,29?,30-,31-,32+,33-,34-,35+,36+,38+/m1/s1. The summed E-state index contributed by atoms with van der Waals surface area (Å²) < 4.78 is 41.2. The molecule has 0 saturated carbocycles. The van der Waals surface area contributed by atoms with E-state index >= 15 is 0 Å². The molecule has 27 heteroatoms. The van der Waals surface area contributed by atoms with Gasteiger partial charge < -0.3 is 105 Å². The second-order valence-corrected chi connectivity index (χ2v) is 17.0. The predicted molar refractivity (Wildman–Crippen MR) is 215 cm³/mol. The van der Waals surface area contributed by atoms with Crippen molar-refractivity contribution in [2.75, 3.05) is 45.8 Å². The smallest absolute Gasteiger partial charge is 0.364 e. The van der Waals surface area contributed by atoms with Crippen LogP contribution in [-0.2, 0) is 52.4 Å². The van der Waals surface area contributed by atoms with E-state index in [4.69, 9.17) is 38.0 Å². The zero-order valence-electron chi connectivity index (χ0n) is 36.0. The Bertz CT molecular complexity index is 1510. The highest BCUT2D eigenvalue weighted by Crippen LogP contribution is 2.41. The van der Waals surface area contributed by atoms with Gasteiger partial charge in [-0.15, -0.1) is 0 Å². The van der Waals surface area contributed by atoms with Crippen LogP contribution in [0.2, 0.25) is 0 Å². The van der Waals surface area contributed by atoms with Crippen molar-refractivity contribution >= 4 is 30.3 Å². The number of nitrogens with one attached hydrogen (secondary N) is 1. The second-order valence-electron chi connectivity index (χ2n) is 16.5. The highest BCUT2D eigenvalue weighted by atomic mass is 32.1. The SMILES string of the molecule is CC(=O)NC1[C@H](O[C@H]2C(CO)O[C@@H](O[C@@H]3C(CO)O[C@@H](N(C)OCCCC(=O)CCCS)C(O)[C@H]3O)C(O)[C@H]2O[C@]2(C(=O)O)CC(O)[C@@H](C)[C@H]([C@@H](O)[C@H](O)CO)O2)OC(CO)[C@H](O)[C@@H]1O. The van der Waals surface area contributed by atoms with Gasteiger partial charge in [-0.3, -0.25) is 14.4 Å². The van der Waals surface area contributed by atoms with Crippen LogP contribution < -0.4 is 5.32 Å². The molecule has 4 aliphatic heterocycles. The van der Waals surface area contributed by atoms with Gasteiger partial charge in [0.05, 0.1) is 45.2 Å². The number of rotatable bonds is 23. The number of aliphatic carboxylic acids is 1. The molecule has 0 aromatic rings. The van der Waals surface area contributed by atoms with E-state index in [2.05, 4.69) is 17.9 Å². The van der Waals surface area contributed by atoms with E-state index in [1.54, 1.807) is 0 Å². The van der Waals surface area contributed by atoms with E-state index in [9.17, 15) is 80.8 Å². The average molecular weight is 967 g/mol. The molecular formula is C38H66N2O24S. The summed E-state index contributed by atoms with van der Waals surface area (Å²) in [5.74, 6) is -6.40. The summed E-state index contributed by atoms with van der Waals surface area (Å²) in [6, 6.07) is -1.65. The van der Waals surface area contributed by atoms with Crippen molar-refractivity contribution in [3.8, 4) is 0 Å². The summed E-state index contributed by atoms with van der Waals surface area (Å²) in [7, 11) is 1.35. The fraction of sp³-hybridized carbons (Fsp3) is 0.921. The zero-order valence-corrected chi connectivity index (χ0v) is 36.9. The number of likely N-dealkylation sites (N-methyl/N-ethyl adjacent to an activating group) is 1. The van der Waals surface area contributed by atoms with Crippen molar-refractivity contribution in [2.45, 2.75) is 168 Å². The highest BCUT2D eigenvalue weighted by Gasteiger charge is 2.61. The molecule has 4 fully saturated rings. The Morgan fingerprint density at radius 3 is 1.98 bits per heavy atom. The second kappa shape index (κ2) is 25.1. The molecule has 1 amide bonds. The number of carboxylic acids is 1. The first-order chi connectivity index (χ1) is 30.7. The molecule has 0 radical (unpaired) electrons. The fourth-order valence-corrected chi connectivity index (χ4v) is 8.24. The van der Waals surface area contributed by atoms with E-state index in [-0.39, 0.29) is 18.8 Å². The molecule has 0 bridgehead atoms. The molecule has 14 N–H and O–H groups in total. The molecule has 0 spiro atoms. The minimum atomic E-state index is -3.08. The van der Waals surface area contributed by atoms with Crippen LogP contribution in [0.5, 0.6) is 0 Å². The van der Waals surface area contributed by atoms with Crippen molar-refractivity contribution in [3.63, 3.8) is 0 Å². The Morgan fingerprint density at radius 2 is 1.40 bits per heavy atom. The number of nitrogens with zero attached hydrogens (tertiary/aromatic N) is 1. The number of hydrogen-bond acceptors (Lipinski definition) is 25. The first kappa shape index (κ1) is 55.7. The zero-order chi connectivity index (χ0) is 48.5. The molecule has 378 valence electrons. The number of thiol groups is 1. The number of hydroxylamine groups is 2. The van der Waals surface area contributed by atoms with Gasteiger partial charge in [-0.25, -0.2) is 4.79 Å². The van der Waals surface area contributed by atoms with Gasteiger partial charge in [-0.05, 0) is 18.6 Å². The lowest BCUT2D eigenvalue weighted by Crippen LogP contribution is -2.70. The number of hydrogen-bond donors (Lipinski definition) is 15. The Morgan fingerprint density at radius 1 is 0.800 bits per heavy atom. The number of ether oxygens (including phenoxy) is 7. The third kappa shape index (κ3) is 13.3. The van der Waals surface area contributed by atoms with Crippen molar-refractivity contribution in [2.24, 2.45) is 5.92 Å². The van der Waals surface area contributed by atoms with Crippen molar-refractivity contribution < 1.29 is 119 Å². The van der Waals surface area contributed by atoms with Crippen molar-refractivity contribution in [1.82, 2.24) is 10.4 Å². The van der Waals surface area contributed by atoms with Crippen LogP contribution in [0.3, 0.4) is 0 Å². The van der Waals surface area contributed by atoms with Crippen molar-refractivity contribution in [3.05, 3.63) is 0 Å². The van der Waals surface area contributed by atoms with Crippen LogP contribution >= 0.6 is 12.6 Å². The Hall–Kier alpha value is -1.88. The first-order valence-corrected chi connectivity index (χ1v) is 21.8. The summed E-state index contributed by atoms with van der Waals surface area (Å²) in [4.78, 5) is 43.1. The third-order valence-electron chi connectivity index (χ3n) is 11.8. The van der Waals surface area contributed by atoms with Crippen LogP contribution in [0.25, 0.3) is 0 Å². The molecule has 4 rings (SSSR count). The minimum absolute atomic E-state index is 0.000895. The lowest BCUT2D eigenvalue weighted by molar-refractivity contribution is -0.403. The van der Waals surface area contributed by atoms with Crippen LogP contribution in [0.1, 0.15) is 46.0 Å². The Labute approximate surface area is 378 Å². The number of carbonyl (C=O) groups is 3. The van der Waals surface area contributed by atoms with E-state index in [0.29, 0.717) is 25.0 Å². The van der Waals surface area contributed by atoms with Gasteiger partial charge >= 0.3 is 5.97 Å². The maximum absolute atomic E-state index is 13.2. The Kier molecular flexibility index (Phi) is 21.5. The third-order valence-corrected chi connectivity index (χ3v) is 12.1. The van der Waals surface area contributed by atoms with Gasteiger partial charge in [-0.2, -0.15) is 17.7 Å². The number of carbonyl (C=O) groups excluding carboxylic acids is 2. The molecule has 0 aromatic heterocycles. The average Bonchev–Trinajstić information content (AvgIpc) is 3.27. The number of amides is 1. The van der Waals surface area contributed by atoms with Crippen molar-refractivity contribution in [1.29, 1.82) is 0 Å². The number of carboxylic acid groups (broad SMARTS) is 1. The van der Waals surface area contributed by atoms with Gasteiger partial charge in [0, 0.05) is 39.2 Å². The van der Waals surface area contributed by atoms with E-state index < -0.39 is 173 Å². The van der Waals surface area contributed by atoms with E-state index in [1.807, 2.05) is 0 Å². The fourth-order valence-electron chi connectivity index (χ4n) is 8.08. The lowest BCUT2D eigenvalue weighted by Gasteiger charge is -2.52. The molecule has 4 heterocycles. The van der Waals surface area contributed by atoms with E-state index in [0.717, 1.165) is 12.0 Å². The summed E-state index contributed by atoms with van der Waals surface area (Å²) in [6.45, 7) is -1.53. The molecule has 4 aliphatic rings. The normalized spacial score (nSPS) is 41.2. The number of Topliss-reactive ketones (excluding diaryl/α,β-unsaturated/α-hetero) is 1. The molecular weight excluding hydrogens is 900 g/mol. The van der Waals surface area contributed by atoms with Gasteiger partial charge in [-0.1, -0.05) is 6.92 Å². The van der Waals surface area contributed by atoms with E-state index in [1.165, 1.54) is 14.0 Å². The summed E-state index contributed by atoms with van der Waals surface area (Å²) in [5.41, 5.74) is 0. The lowest BCUT2D eigenvalue weighted by atomic mass is 9.84. The summed E-state index contributed by atoms with van der Waals surface area (Å²) in [6.07, 6.45) is -33.1. The maximum atomic E-state index is 13.2. The molecule has 7 unspecified atom stereocenters. The molecule has 21 atom stereocenters. The van der Waals surface area contributed by atoms with Crippen LogP contribution in [0, 0.1) is 5.92 Å². The molecule has 0 aromatic carbocycles. The number of aliphatic hydroxyl groups excluding tert-OH is 12. The van der Waals surface area contributed by atoms with Crippen LogP contribution in [0.15, 0.2) is 0 Å². The molecule has 4 saturated heterocycles. The number of aliphatic hydroxyl groups is 12. The highest BCUT2D eigenvalue weighted by molar-refractivity contribution is 7.80. The first-order valence-electron chi connectivity index (χ1n) is 21.2. The van der Waals surface area contributed by atoms with Crippen LogP contribution in [0.4, 0.5) is 0 Å². The topological polar surface area (TPSA) is 403 Å². The maximum Gasteiger partial charge on any atom is 0.364 e. The van der Waals surface area contributed by atoms with Gasteiger partial charge in [0.15, 0.2) is 18.8 Å². The summed E-state index contributed by atoms with van der Waals surface area (Å²) in [5, 5.41) is 143. The monoisotopic (exact) mass is 966 g/mol.